The van der Waals surface area contributed by atoms with Crippen molar-refractivity contribution < 1.29 is 5.11 Å². The van der Waals surface area contributed by atoms with Crippen LogP contribution < -0.4 is 5.43 Å². The maximum atomic E-state index is 11.7. The fourth-order valence-corrected chi connectivity index (χ4v) is 2.58. The average Bonchev–Trinajstić information content (AvgIpc) is 2.43. The zero-order chi connectivity index (χ0) is 15.4. The lowest BCUT2D eigenvalue weighted by Gasteiger charge is -2.33. The summed E-state index contributed by atoms with van der Waals surface area (Å²) in [5, 5.41) is 9.68. The Labute approximate surface area is 126 Å². The number of rotatable bonds is 5. The lowest BCUT2D eigenvalue weighted by molar-refractivity contribution is 0.145. The Kier molecular flexibility index (Phi) is 5.42. The maximum absolute atomic E-state index is 11.7. The van der Waals surface area contributed by atoms with Crippen molar-refractivity contribution >= 4 is 0 Å². The molecule has 0 atom stereocenters. The Balaban J connectivity index is 2.12. The number of aryl methyl sites for hydroxylation is 1. The minimum Gasteiger partial charge on any atom is -0.503 e. The van der Waals surface area contributed by atoms with Gasteiger partial charge in [-0.05, 0) is 19.4 Å². The van der Waals surface area contributed by atoms with Crippen LogP contribution >= 0.6 is 0 Å². The normalized spacial score (nSPS) is 17.5. The van der Waals surface area contributed by atoms with Crippen LogP contribution in [0.25, 0.3) is 0 Å². The number of hydrogen-bond donors (Lipinski definition) is 1. The van der Waals surface area contributed by atoms with Crippen LogP contribution in [0.3, 0.4) is 0 Å². The van der Waals surface area contributed by atoms with Crippen LogP contribution in [0.1, 0.15) is 26.0 Å². The predicted molar refractivity (Wildman–Crippen MR) is 84.6 cm³/mol. The molecule has 1 aromatic rings. The molecular weight excluding hydrogens is 266 g/mol. The summed E-state index contributed by atoms with van der Waals surface area (Å²) in [5.74, 6) is 0.448. The predicted octanol–water partition coefficient (Wildman–Crippen LogP) is 1.35. The van der Waals surface area contributed by atoms with Crippen LogP contribution in [-0.2, 0) is 13.1 Å². The Bertz CT molecular complexity index is 517. The monoisotopic (exact) mass is 293 g/mol. The topological polar surface area (TPSA) is 48.7 Å². The molecule has 2 heterocycles. The molecule has 0 aromatic carbocycles. The molecule has 1 aliphatic heterocycles. The molecule has 5 heteroatoms. The van der Waals surface area contributed by atoms with Crippen molar-refractivity contribution in [2.75, 3.05) is 33.2 Å². The largest absolute Gasteiger partial charge is 0.503 e. The molecule has 0 aliphatic carbocycles. The average molecular weight is 293 g/mol. The number of piperazine rings is 1. The van der Waals surface area contributed by atoms with Gasteiger partial charge in [0, 0.05) is 51.0 Å². The SMILES string of the molecule is CC(C)CCn1cc(O)c(=O)cc1CN1CCN(C)CC1. The van der Waals surface area contributed by atoms with Crippen LogP contribution in [0, 0.1) is 5.92 Å². The third kappa shape index (κ3) is 4.58. The fraction of sp³-hybridized carbons (Fsp3) is 0.688. The van der Waals surface area contributed by atoms with E-state index in [0.29, 0.717) is 5.92 Å². The van der Waals surface area contributed by atoms with Gasteiger partial charge in [0.2, 0.25) is 5.43 Å². The van der Waals surface area contributed by atoms with Gasteiger partial charge < -0.3 is 14.6 Å². The molecule has 1 fully saturated rings. The first kappa shape index (κ1) is 16.0. The van der Waals surface area contributed by atoms with Gasteiger partial charge in [0.05, 0.1) is 6.20 Å². The van der Waals surface area contributed by atoms with Crippen molar-refractivity contribution in [1.29, 1.82) is 0 Å². The molecule has 0 saturated carbocycles. The molecule has 0 amide bonds. The first-order valence-corrected chi connectivity index (χ1v) is 7.79. The number of aromatic nitrogens is 1. The molecule has 118 valence electrons. The van der Waals surface area contributed by atoms with E-state index in [9.17, 15) is 9.90 Å². The summed E-state index contributed by atoms with van der Waals surface area (Å²) in [5.41, 5.74) is 0.725. The fourth-order valence-electron chi connectivity index (χ4n) is 2.58. The molecule has 0 radical (unpaired) electrons. The van der Waals surface area contributed by atoms with Crippen molar-refractivity contribution in [3.8, 4) is 5.75 Å². The lowest BCUT2D eigenvalue weighted by Crippen LogP contribution is -2.44. The molecule has 2 rings (SSSR count). The highest BCUT2D eigenvalue weighted by molar-refractivity contribution is 5.20. The molecule has 1 N–H and O–H groups in total. The van der Waals surface area contributed by atoms with Crippen molar-refractivity contribution in [2.45, 2.75) is 33.4 Å². The standard InChI is InChI=1S/C16H27N3O2/c1-13(2)4-5-19-12-16(21)15(20)10-14(19)11-18-8-6-17(3)7-9-18/h10,12-13,21H,4-9,11H2,1-3H3. The molecule has 1 aliphatic rings. The van der Waals surface area contributed by atoms with Gasteiger partial charge in [0.1, 0.15) is 0 Å². The molecule has 21 heavy (non-hydrogen) atoms. The van der Waals surface area contributed by atoms with Gasteiger partial charge >= 0.3 is 0 Å². The minimum atomic E-state index is -0.278. The van der Waals surface area contributed by atoms with Crippen LogP contribution in [0.5, 0.6) is 5.75 Å². The first-order valence-electron chi connectivity index (χ1n) is 7.79. The summed E-state index contributed by atoms with van der Waals surface area (Å²) in [7, 11) is 2.14. The summed E-state index contributed by atoms with van der Waals surface area (Å²) in [6.07, 6.45) is 2.63. The van der Waals surface area contributed by atoms with Crippen LogP contribution in [0.15, 0.2) is 17.1 Å². The third-order valence-corrected chi connectivity index (χ3v) is 4.13. The van der Waals surface area contributed by atoms with E-state index in [0.717, 1.165) is 51.4 Å². The first-order chi connectivity index (χ1) is 9.95. The molecule has 0 spiro atoms. The van der Waals surface area contributed by atoms with Gasteiger partial charge in [-0.25, -0.2) is 0 Å². The van der Waals surface area contributed by atoms with Gasteiger partial charge in [-0.15, -0.1) is 0 Å². The molecule has 5 nitrogen and oxygen atoms in total. The van der Waals surface area contributed by atoms with Crippen LogP contribution in [0.4, 0.5) is 0 Å². The number of likely N-dealkylation sites (N-methyl/N-ethyl adjacent to an activating group) is 1. The zero-order valence-electron chi connectivity index (χ0n) is 13.4. The van der Waals surface area contributed by atoms with Crippen LogP contribution in [0.2, 0.25) is 0 Å². The van der Waals surface area contributed by atoms with Crippen molar-refractivity contribution in [3.05, 3.63) is 28.2 Å². The van der Waals surface area contributed by atoms with E-state index in [1.165, 1.54) is 0 Å². The van der Waals surface area contributed by atoms with Gasteiger partial charge in [-0.1, -0.05) is 13.8 Å². The van der Waals surface area contributed by atoms with Gasteiger partial charge in [-0.2, -0.15) is 0 Å². The molecule has 1 aromatic heterocycles. The second-order valence-electron chi connectivity index (χ2n) is 6.47. The lowest BCUT2D eigenvalue weighted by atomic mass is 10.1. The summed E-state index contributed by atoms with van der Waals surface area (Å²) in [6, 6.07) is 1.59. The number of pyridine rings is 1. The molecule has 1 saturated heterocycles. The number of hydrogen-bond acceptors (Lipinski definition) is 4. The summed E-state index contributed by atoms with van der Waals surface area (Å²) in [4.78, 5) is 16.4. The summed E-state index contributed by atoms with van der Waals surface area (Å²) < 4.78 is 2.04. The van der Waals surface area contributed by atoms with E-state index in [2.05, 4.69) is 30.7 Å². The van der Waals surface area contributed by atoms with E-state index in [-0.39, 0.29) is 11.2 Å². The van der Waals surface area contributed by atoms with Crippen molar-refractivity contribution in [1.82, 2.24) is 14.4 Å². The van der Waals surface area contributed by atoms with Crippen molar-refractivity contribution in [3.63, 3.8) is 0 Å². The highest BCUT2D eigenvalue weighted by atomic mass is 16.3. The number of aromatic hydroxyl groups is 1. The quantitative estimate of drug-likeness (QED) is 0.890. The van der Waals surface area contributed by atoms with E-state index >= 15 is 0 Å². The second kappa shape index (κ2) is 7.09. The highest BCUT2D eigenvalue weighted by Gasteiger charge is 2.16. The zero-order valence-corrected chi connectivity index (χ0v) is 13.4. The van der Waals surface area contributed by atoms with Gasteiger partial charge in [-0.3, -0.25) is 9.69 Å². The third-order valence-electron chi connectivity index (χ3n) is 4.13. The van der Waals surface area contributed by atoms with E-state index in [4.69, 9.17) is 0 Å². The summed E-state index contributed by atoms with van der Waals surface area (Å²) in [6.45, 7) is 10.2. The van der Waals surface area contributed by atoms with Crippen molar-refractivity contribution in [2.24, 2.45) is 5.92 Å². The Morgan fingerprint density at radius 3 is 2.52 bits per heavy atom. The minimum absolute atomic E-state index is 0.152. The van der Waals surface area contributed by atoms with Crippen LogP contribution in [-0.4, -0.2) is 52.7 Å². The molecular formula is C16H27N3O2. The maximum Gasteiger partial charge on any atom is 0.223 e. The Hall–Kier alpha value is -1.33. The highest BCUT2D eigenvalue weighted by Crippen LogP contribution is 2.12. The van der Waals surface area contributed by atoms with Gasteiger partial charge in [0.25, 0.3) is 0 Å². The molecule has 0 unspecified atom stereocenters. The molecule has 0 bridgehead atoms. The van der Waals surface area contributed by atoms with Gasteiger partial charge in [0.15, 0.2) is 5.75 Å². The summed E-state index contributed by atoms with van der Waals surface area (Å²) >= 11 is 0. The van der Waals surface area contributed by atoms with E-state index in [1.807, 2.05) is 4.57 Å². The Morgan fingerprint density at radius 1 is 1.24 bits per heavy atom. The smallest absolute Gasteiger partial charge is 0.223 e. The number of nitrogens with zero attached hydrogens (tertiary/aromatic N) is 3. The second-order valence-corrected chi connectivity index (χ2v) is 6.47. The Morgan fingerprint density at radius 2 is 1.90 bits per heavy atom. The van der Waals surface area contributed by atoms with E-state index < -0.39 is 0 Å². The van der Waals surface area contributed by atoms with E-state index in [1.54, 1.807) is 12.3 Å².